The standard InChI is InChI=1S/C54H104NO10P/c1-3-5-7-9-11-13-15-17-19-21-23-25-27-29-31-33-35-37-39-41-43-45-52(56)62-47-50(48-63-66(60,61)64-49-51(55)54(58)59)65-53(57)46-44-42-40-38-36-34-32-30-28-26-24-22-20-18-16-14-12-10-8-6-4-2/h17,19,50-51H,3-16,18,20-49,55H2,1-2H3,(H,58,59)(H,60,61)/b19-17-/t50-,51+/m1/s1. The Morgan fingerprint density at radius 2 is 0.758 bits per heavy atom. The van der Waals surface area contributed by atoms with E-state index < -0.39 is 51.1 Å². The van der Waals surface area contributed by atoms with E-state index in [1.165, 1.54) is 205 Å². The quantitative estimate of drug-likeness (QED) is 0.0229. The summed E-state index contributed by atoms with van der Waals surface area (Å²) in [6.07, 6.45) is 54.2. The molecule has 0 fully saturated rings. The van der Waals surface area contributed by atoms with E-state index in [-0.39, 0.29) is 19.4 Å². The van der Waals surface area contributed by atoms with Gasteiger partial charge in [-0.3, -0.25) is 23.4 Å². The molecule has 0 saturated heterocycles. The van der Waals surface area contributed by atoms with Crippen LogP contribution in [-0.4, -0.2) is 59.9 Å². The Bertz CT molecular complexity index is 1170. The lowest BCUT2D eigenvalue weighted by molar-refractivity contribution is -0.161. The summed E-state index contributed by atoms with van der Waals surface area (Å²) in [6, 6.07) is -1.52. The van der Waals surface area contributed by atoms with Crippen molar-refractivity contribution in [3.8, 4) is 0 Å². The molecule has 0 amide bonds. The highest BCUT2D eigenvalue weighted by atomic mass is 31.2. The summed E-state index contributed by atoms with van der Waals surface area (Å²) in [5.74, 6) is -2.35. The lowest BCUT2D eigenvalue weighted by Crippen LogP contribution is -2.34. The van der Waals surface area contributed by atoms with Crippen LogP contribution in [0.3, 0.4) is 0 Å². The van der Waals surface area contributed by atoms with E-state index in [1.807, 2.05) is 0 Å². The summed E-state index contributed by atoms with van der Waals surface area (Å²) >= 11 is 0. The van der Waals surface area contributed by atoms with E-state index in [0.29, 0.717) is 12.8 Å². The number of nitrogens with two attached hydrogens (primary N) is 1. The summed E-state index contributed by atoms with van der Waals surface area (Å²) in [5, 5.41) is 8.93. The summed E-state index contributed by atoms with van der Waals surface area (Å²) in [7, 11) is -4.72. The molecule has 66 heavy (non-hydrogen) atoms. The van der Waals surface area contributed by atoms with Gasteiger partial charge in [0.1, 0.15) is 12.6 Å². The van der Waals surface area contributed by atoms with Crippen LogP contribution in [-0.2, 0) is 37.5 Å². The van der Waals surface area contributed by atoms with Gasteiger partial charge in [-0.05, 0) is 38.5 Å². The second-order valence-electron chi connectivity index (χ2n) is 19.1. The number of carbonyl (C=O) groups excluding carboxylic acids is 2. The van der Waals surface area contributed by atoms with Gasteiger partial charge < -0.3 is 25.2 Å². The molecular weight excluding hydrogens is 854 g/mol. The largest absolute Gasteiger partial charge is 0.480 e. The van der Waals surface area contributed by atoms with Crippen molar-refractivity contribution in [1.29, 1.82) is 0 Å². The van der Waals surface area contributed by atoms with Crippen LogP contribution in [0.15, 0.2) is 12.2 Å². The van der Waals surface area contributed by atoms with Crippen molar-refractivity contribution in [1.82, 2.24) is 0 Å². The smallest absolute Gasteiger partial charge is 0.472 e. The molecule has 0 bridgehead atoms. The number of carboxylic acid groups (broad SMARTS) is 1. The first-order chi connectivity index (χ1) is 32.1. The number of ether oxygens (including phenoxy) is 2. The molecule has 0 aliphatic heterocycles. The fourth-order valence-corrected chi connectivity index (χ4v) is 8.96. The fraction of sp³-hybridized carbons (Fsp3) is 0.907. The van der Waals surface area contributed by atoms with Gasteiger partial charge in [0.05, 0.1) is 13.2 Å². The molecule has 390 valence electrons. The number of hydrogen-bond acceptors (Lipinski definition) is 9. The van der Waals surface area contributed by atoms with Gasteiger partial charge in [0.15, 0.2) is 6.10 Å². The van der Waals surface area contributed by atoms with Crippen molar-refractivity contribution in [3.63, 3.8) is 0 Å². The summed E-state index contributed by atoms with van der Waals surface area (Å²) in [4.78, 5) is 46.3. The van der Waals surface area contributed by atoms with Crippen LogP contribution < -0.4 is 5.73 Å². The van der Waals surface area contributed by atoms with Crippen molar-refractivity contribution >= 4 is 25.7 Å². The minimum Gasteiger partial charge on any atom is -0.480 e. The zero-order valence-corrected chi connectivity index (χ0v) is 43.7. The van der Waals surface area contributed by atoms with Crippen molar-refractivity contribution in [3.05, 3.63) is 12.2 Å². The van der Waals surface area contributed by atoms with Crippen LogP contribution in [0.1, 0.15) is 284 Å². The molecule has 0 radical (unpaired) electrons. The first kappa shape index (κ1) is 64.2. The number of hydrogen-bond donors (Lipinski definition) is 3. The van der Waals surface area contributed by atoms with Crippen LogP contribution in [0, 0.1) is 0 Å². The summed E-state index contributed by atoms with van der Waals surface area (Å²) in [5.41, 5.74) is 5.36. The molecule has 0 heterocycles. The molecule has 0 aliphatic rings. The molecule has 0 rings (SSSR count). The van der Waals surface area contributed by atoms with E-state index in [9.17, 15) is 23.8 Å². The second kappa shape index (κ2) is 49.6. The number of phosphoric acid groups is 1. The molecule has 0 aliphatic carbocycles. The Kier molecular flexibility index (Phi) is 48.3. The van der Waals surface area contributed by atoms with Gasteiger partial charge in [0.25, 0.3) is 0 Å². The van der Waals surface area contributed by atoms with E-state index in [1.54, 1.807) is 0 Å². The van der Waals surface area contributed by atoms with Crippen LogP contribution in [0.4, 0.5) is 0 Å². The summed E-state index contributed by atoms with van der Waals surface area (Å²) in [6.45, 7) is 2.87. The first-order valence-electron chi connectivity index (χ1n) is 27.7. The molecule has 0 saturated carbocycles. The highest BCUT2D eigenvalue weighted by Crippen LogP contribution is 2.43. The minimum absolute atomic E-state index is 0.168. The van der Waals surface area contributed by atoms with Gasteiger partial charge in [-0.25, -0.2) is 4.57 Å². The Morgan fingerprint density at radius 3 is 1.11 bits per heavy atom. The highest BCUT2D eigenvalue weighted by Gasteiger charge is 2.28. The molecule has 11 nitrogen and oxygen atoms in total. The maximum Gasteiger partial charge on any atom is 0.472 e. The third-order valence-corrected chi connectivity index (χ3v) is 13.5. The lowest BCUT2D eigenvalue weighted by Gasteiger charge is -2.20. The van der Waals surface area contributed by atoms with Crippen LogP contribution in [0.25, 0.3) is 0 Å². The van der Waals surface area contributed by atoms with E-state index in [4.69, 9.17) is 29.4 Å². The SMILES string of the molecule is CCCCCCCC/C=C\CCCCCCCCCCCCCC(=O)OC[C@H](COP(=O)(O)OC[C@H](N)C(=O)O)OC(=O)CCCCCCCCCCCCCCCCCCCCCCC. The van der Waals surface area contributed by atoms with Crippen molar-refractivity contribution < 1.29 is 47.5 Å². The Labute approximate surface area is 405 Å². The Balaban J connectivity index is 4.15. The van der Waals surface area contributed by atoms with E-state index in [2.05, 4.69) is 26.0 Å². The predicted molar refractivity (Wildman–Crippen MR) is 273 cm³/mol. The fourth-order valence-electron chi connectivity index (χ4n) is 8.18. The molecule has 3 atom stereocenters. The molecule has 12 heteroatoms. The number of rotatable bonds is 53. The predicted octanol–water partition coefficient (Wildman–Crippen LogP) is 16.0. The second-order valence-corrected chi connectivity index (χ2v) is 20.5. The third kappa shape index (κ3) is 48.7. The lowest BCUT2D eigenvalue weighted by atomic mass is 10.0. The van der Waals surface area contributed by atoms with Crippen LogP contribution in [0.5, 0.6) is 0 Å². The van der Waals surface area contributed by atoms with Gasteiger partial charge in [-0.2, -0.15) is 0 Å². The normalized spacial score (nSPS) is 13.5. The zero-order valence-electron chi connectivity index (χ0n) is 42.8. The average molecular weight is 958 g/mol. The average Bonchev–Trinajstić information content (AvgIpc) is 3.30. The van der Waals surface area contributed by atoms with Crippen molar-refractivity contribution in [2.24, 2.45) is 5.73 Å². The van der Waals surface area contributed by atoms with Gasteiger partial charge in [-0.15, -0.1) is 0 Å². The van der Waals surface area contributed by atoms with Crippen molar-refractivity contribution in [2.45, 2.75) is 296 Å². The third-order valence-electron chi connectivity index (χ3n) is 12.5. The van der Waals surface area contributed by atoms with Crippen molar-refractivity contribution in [2.75, 3.05) is 19.8 Å². The molecular formula is C54H104NO10P. The highest BCUT2D eigenvalue weighted by molar-refractivity contribution is 7.47. The van der Waals surface area contributed by atoms with E-state index >= 15 is 0 Å². The zero-order chi connectivity index (χ0) is 48.4. The van der Waals surface area contributed by atoms with Crippen LogP contribution >= 0.6 is 7.82 Å². The maximum absolute atomic E-state index is 12.7. The number of carboxylic acids is 1. The van der Waals surface area contributed by atoms with Crippen LogP contribution in [0.2, 0.25) is 0 Å². The number of unbranched alkanes of at least 4 members (excludes halogenated alkanes) is 37. The minimum atomic E-state index is -4.72. The number of phosphoric ester groups is 1. The molecule has 0 aromatic carbocycles. The molecule has 0 spiro atoms. The number of aliphatic carboxylic acids is 1. The Hall–Kier alpha value is -1.78. The van der Waals surface area contributed by atoms with Gasteiger partial charge in [0.2, 0.25) is 0 Å². The number of carbonyl (C=O) groups is 3. The monoisotopic (exact) mass is 958 g/mol. The summed E-state index contributed by atoms with van der Waals surface area (Å²) < 4.78 is 32.9. The topological polar surface area (TPSA) is 172 Å². The van der Waals surface area contributed by atoms with E-state index in [0.717, 1.165) is 38.5 Å². The molecule has 0 aromatic rings. The number of allylic oxidation sites excluding steroid dienone is 2. The Morgan fingerprint density at radius 1 is 0.455 bits per heavy atom. The van der Waals surface area contributed by atoms with Gasteiger partial charge in [-0.1, -0.05) is 244 Å². The van der Waals surface area contributed by atoms with Gasteiger partial charge in [0, 0.05) is 12.8 Å². The molecule has 4 N–H and O–H groups in total. The van der Waals surface area contributed by atoms with Gasteiger partial charge >= 0.3 is 25.7 Å². The molecule has 1 unspecified atom stereocenters. The first-order valence-corrected chi connectivity index (χ1v) is 29.2. The maximum atomic E-state index is 12.7. The number of esters is 2. The molecule has 0 aromatic heterocycles.